The molecular weight excluding hydrogens is 410 g/mol. The van der Waals surface area contributed by atoms with E-state index in [4.69, 9.17) is 5.10 Å². The van der Waals surface area contributed by atoms with Crippen LogP contribution < -0.4 is 0 Å². The second-order valence-electron chi connectivity index (χ2n) is 7.59. The van der Waals surface area contributed by atoms with Gasteiger partial charge in [0.15, 0.2) is 9.84 Å². The van der Waals surface area contributed by atoms with Crippen LogP contribution in [0.4, 0.5) is 0 Å². The molecule has 0 aliphatic carbocycles. The highest BCUT2D eigenvalue weighted by Gasteiger charge is 2.33. The van der Waals surface area contributed by atoms with Crippen LogP contribution in [0.15, 0.2) is 72.9 Å². The van der Waals surface area contributed by atoms with Crippen molar-refractivity contribution >= 4 is 21.8 Å². The molecule has 1 aliphatic heterocycles. The predicted octanol–water partition coefficient (Wildman–Crippen LogP) is 3.59. The van der Waals surface area contributed by atoms with Crippen molar-refractivity contribution < 1.29 is 13.2 Å². The van der Waals surface area contributed by atoms with Crippen LogP contribution in [0.5, 0.6) is 0 Å². The highest BCUT2D eigenvalue weighted by Crippen LogP contribution is 2.25. The Labute approximate surface area is 182 Å². The first-order valence-corrected chi connectivity index (χ1v) is 12.2. The third kappa shape index (κ3) is 4.77. The Hall–Kier alpha value is -3.19. The van der Waals surface area contributed by atoms with E-state index < -0.39 is 9.84 Å². The number of aromatic nitrogens is 2. The summed E-state index contributed by atoms with van der Waals surface area (Å²) in [6.45, 7) is 2.34. The Morgan fingerprint density at radius 2 is 1.81 bits per heavy atom. The zero-order valence-electron chi connectivity index (χ0n) is 17.4. The summed E-state index contributed by atoms with van der Waals surface area (Å²) in [7, 11) is -3.05. The van der Waals surface area contributed by atoms with Crippen LogP contribution in [-0.4, -0.2) is 53.1 Å². The third-order valence-corrected chi connectivity index (χ3v) is 7.24. The molecule has 1 fully saturated rings. The smallest absolute Gasteiger partial charge is 0.246 e. The summed E-state index contributed by atoms with van der Waals surface area (Å²) in [6, 6.07) is 19.4. The van der Waals surface area contributed by atoms with Crippen LogP contribution in [0, 0.1) is 0 Å². The van der Waals surface area contributed by atoms with Crippen molar-refractivity contribution in [1.29, 1.82) is 0 Å². The van der Waals surface area contributed by atoms with E-state index in [1.54, 1.807) is 15.7 Å². The fourth-order valence-electron chi connectivity index (χ4n) is 3.91. The molecule has 1 unspecified atom stereocenters. The van der Waals surface area contributed by atoms with Crippen molar-refractivity contribution in [2.45, 2.75) is 19.4 Å². The first-order valence-electron chi connectivity index (χ1n) is 10.4. The van der Waals surface area contributed by atoms with Crippen molar-refractivity contribution in [2.24, 2.45) is 0 Å². The van der Waals surface area contributed by atoms with Crippen LogP contribution in [0.1, 0.15) is 18.9 Å². The van der Waals surface area contributed by atoms with Gasteiger partial charge in [-0.1, -0.05) is 48.5 Å². The maximum absolute atomic E-state index is 12.9. The van der Waals surface area contributed by atoms with E-state index in [2.05, 4.69) is 0 Å². The number of amides is 1. The molecule has 0 N–H and O–H groups in total. The molecule has 0 radical (unpaired) electrons. The number of hydrogen-bond donors (Lipinski definition) is 0. The Morgan fingerprint density at radius 1 is 1.13 bits per heavy atom. The van der Waals surface area contributed by atoms with Gasteiger partial charge in [-0.2, -0.15) is 5.10 Å². The molecule has 2 heterocycles. The monoisotopic (exact) mass is 435 g/mol. The van der Waals surface area contributed by atoms with E-state index in [1.807, 2.05) is 73.8 Å². The van der Waals surface area contributed by atoms with E-state index in [1.165, 1.54) is 6.08 Å². The molecular formula is C24H25N3O3S. The first kappa shape index (κ1) is 21.1. The lowest BCUT2D eigenvalue weighted by molar-refractivity contribution is -0.127. The number of sulfone groups is 1. The number of para-hydroxylation sites is 1. The minimum Gasteiger partial charge on any atom is -0.335 e. The third-order valence-electron chi connectivity index (χ3n) is 5.49. The van der Waals surface area contributed by atoms with Crippen molar-refractivity contribution in [3.63, 3.8) is 0 Å². The average Bonchev–Trinajstić information content (AvgIpc) is 3.37. The summed E-state index contributed by atoms with van der Waals surface area (Å²) in [6.07, 6.45) is 5.69. The normalized spacial score (nSPS) is 17.8. The molecule has 2 aromatic carbocycles. The topological polar surface area (TPSA) is 72.3 Å². The van der Waals surface area contributed by atoms with Crippen LogP contribution in [0.2, 0.25) is 0 Å². The number of rotatable bonds is 6. The van der Waals surface area contributed by atoms with Gasteiger partial charge in [-0.05, 0) is 31.6 Å². The number of hydrogen-bond acceptors (Lipinski definition) is 4. The molecule has 0 saturated carbocycles. The zero-order valence-corrected chi connectivity index (χ0v) is 18.2. The van der Waals surface area contributed by atoms with Crippen molar-refractivity contribution in [3.05, 3.63) is 78.5 Å². The van der Waals surface area contributed by atoms with Crippen molar-refractivity contribution in [2.75, 3.05) is 18.1 Å². The molecule has 31 heavy (non-hydrogen) atoms. The molecule has 0 spiro atoms. The lowest BCUT2D eigenvalue weighted by Crippen LogP contribution is -2.40. The van der Waals surface area contributed by atoms with Crippen LogP contribution >= 0.6 is 0 Å². The Bertz CT molecular complexity index is 1190. The maximum atomic E-state index is 12.9. The first-order chi connectivity index (χ1) is 15.0. The van der Waals surface area contributed by atoms with Crippen LogP contribution in [0.3, 0.4) is 0 Å². The van der Waals surface area contributed by atoms with Gasteiger partial charge < -0.3 is 4.90 Å². The van der Waals surface area contributed by atoms with E-state index in [-0.39, 0.29) is 23.5 Å². The molecule has 4 rings (SSSR count). The Morgan fingerprint density at radius 3 is 2.42 bits per heavy atom. The number of nitrogens with zero attached hydrogens (tertiary/aromatic N) is 3. The highest BCUT2D eigenvalue weighted by atomic mass is 32.2. The zero-order chi connectivity index (χ0) is 21.8. The largest absolute Gasteiger partial charge is 0.335 e. The molecule has 7 heteroatoms. The van der Waals surface area contributed by atoms with Gasteiger partial charge in [-0.3, -0.25) is 4.79 Å². The van der Waals surface area contributed by atoms with E-state index in [0.29, 0.717) is 13.0 Å². The summed E-state index contributed by atoms with van der Waals surface area (Å²) in [5, 5.41) is 4.75. The van der Waals surface area contributed by atoms with Gasteiger partial charge >= 0.3 is 0 Å². The fraction of sp³-hybridized carbons (Fsp3) is 0.250. The summed E-state index contributed by atoms with van der Waals surface area (Å²) in [5.41, 5.74) is 3.48. The van der Waals surface area contributed by atoms with Gasteiger partial charge in [0.2, 0.25) is 5.91 Å². The molecule has 6 nitrogen and oxygen atoms in total. The number of carbonyl (C=O) groups excluding carboxylic acids is 1. The Balaban J connectivity index is 1.64. The average molecular weight is 436 g/mol. The van der Waals surface area contributed by atoms with Gasteiger partial charge in [0.1, 0.15) is 0 Å². The summed E-state index contributed by atoms with van der Waals surface area (Å²) in [4.78, 5) is 14.5. The molecule has 1 aromatic heterocycles. The fourth-order valence-corrected chi connectivity index (χ4v) is 5.65. The molecule has 3 aromatic rings. The standard InChI is InChI=1S/C24H25N3O3S/c1-2-26(22-15-16-31(29,30)18-22)23(28)14-13-20-17-27(21-11-7-4-8-12-21)25-24(20)19-9-5-3-6-10-19/h3-14,17,22H,2,15-16,18H2,1H3/b14-13+. The molecule has 1 aliphatic rings. The van der Waals surface area contributed by atoms with E-state index >= 15 is 0 Å². The SMILES string of the molecule is CCN(C(=O)/C=C/c1cn(-c2ccccc2)nc1-c1ccccc1)C1CCS(=O)(=O)C1. The van der Waals surface area contributed by atoms with Gasteiger partial charge in [0, 0.05) is 36.0 Å². The van der Waals surface area contributed by atoms with E-state index in [0.717, 1.165) is 22.5 Å². The molecule has 1 atom stereocenters. The molecule has 0 bridgehead atoms. The van der Waals surface area contributed by atoms with E-state index in [9.17, 15) is 13.2 Å². The van der Waals surface area contributed by atoms with Crippen LogP contribution in [0.25, 0.3) is 23.0 Å². The van der Waals surface area contributed by atoms with Gasteiger partial charge in [0.25, 0.3) is 0 Å². The van der Waals surface area contributed by atoms with Crippen molar-refractivity contribution in [3.8, 4) is 16.9 Å². The van der Waals surface area contributed by atoms with Crippen molar-refractivity contribution in [1.82, 2.24) is 14.7 Å². The molecule has 1 saturated heterocycles. The number of carbonyl (C=O) groups is 1. The van der Waals surface area contributed by atoms with Gasteiger partial charge in [0.05, 0.1) is 22.9 Å². The van der Waals surface area contributed by atoms with Gasteiger partial charge in [-0.25, -0.2) is 13.1 Å². The lowest BCUT2D eigenvalue weighted by atomic mass is 10.1. The minimum absolute atomic E-state index is 0.0433. The Kier molecular flexibility index (Phi) is 6.04. The number of likely N-dealkylation sites (N-methyl/N-ethyl adjacent to an activating group) is 1. The maximum Gasteiger partial charge on any atom is 0.246 e. The number of benzene rings is 2. The second-order valence-corrected chi connectivity index (χ2v) is 9.82. The van der Waals surface area contributed by atoms with Crippen LogP contribution in [-0.2, 0) is 14.6 Å². The van der Waals surface area contributed by atoms with Gasteiger partial charge in [-0.15, -0.1) is 0 Å². The summed E-state index contributed by atoms with van der Waals surface area (Å²) < 4.78 is 25.5. The molecule has 1 amide bonds. The minimum atomic E-state index is -3.05. The summed E-state index contributed by atoms with van der Waals surface area (Å²) in [5.74, 6) is 0.00508. The lowest BCUT2D eigenvalue weighted by Gasteiger charge is -2.25. The predicted molar refractivity (Wildman–Crippen MR) is 122 cm³/mol. The summed E-state index contributed by atoms with van der Waals surface area (Å²) >= 11 is 0. The second kappa shape index (κ2) is 8.89. The quantitative estimate of drug-likeness (QED) is 0.555. The highest BCUT2D eigenvalue weighted by molar-refractivity contribution is 7.91. The molecule has 160 valence electrons.